The first-order chi connectivity index (χ1) is 14.0. The van der Waals surface area contributed by atoms with Crippen molar-refractivity contribution in [3.05, 3.63) is 28.8 Å². The third-order valence-electron chi connectivity index (χ3n) is 8.23. The molecular weight excluding hydrogens is 372 g/mol. The molecule has 0 aromatic heterocycles. The van der Waals surface area contributed by atoms with E-state index in [0.717, 1.165) is 18.8 Å². The van der Waals surface area contributed by atoms with Crippen molar-refractivity contribution in [1.82, 2.24) is 0 Å². The van der Waals surface area contributed by atoms with Crippen molar-refractivity contribution in [2.24, 2.45) is 5.92 Å². The molecule has 164 valence electrons. The zero-order valence-electron chi connectivity index (χ0n) is 19.2. The first kappa shape index (κ1) is 23.0. The molecule has 2 heteroatoms. The Hall–Kier alpha value is -0.630. The summed E-state index contributed by atoms with van der Waals surface area (Å²) in [6.07, 6.45) is 17.9. The minimum atomic E-state index is 0.0319. The van der Waals surface area contributed by atoms with Crippen LogP contribution >= 0.6 is 0 Å². The van der Waals surface area contributed by atoms with Crippen molar-refractivity contribution < 1.29 is 5.11 Å². The van der Waals surface area contributed by atoms with Crippen molar-refractivity contribution in [2.75, 3.05) is 0 Å². The van der Waals surface area contributed by atoms with Crippen LogP contribution in [0.2, 0.25) is 0 Å². The number of phenols is 1. The van der Waals surface area contributed by atoms with Gasteiger partial charge in [-0.15, -0.1) is 0 Å². The van der Waals surface area contributed by atoms with E-state index in [1.54, 1.807) is 0 Å². The van der Waals surface area contributed by atoms with Gasteiger partial charge < -0.3 is 5.11 Å². The molecule has 0 heterocycles. The van der Waals surface area contributed by atoms with Crippen LogP contribution in [0.5, 0.6) is 5.75 Å². The van der Waals surface area contributed by atoms with Gasteiger partial charge in [0.15, 0.2) is 0 Å². The molecule has 0 radical (unpaired) electrons. The summed E-state index contributed by atoms with van der Waals surface area (Å²) in [5.74, 6) is 2.65. The number of phenolic OH excluding ortho intramolecular Hbond substituents is 1. The van der Waals surface area contributed by atoms with Gasteiger partial charge in [-0.2, -0.15) is 0 Å². The lowest BCUT2D eigenvalue weighted by Crippen LogP contribution is -2.22. The molecule has 2 aliphatic rings. The smallest absolute Gasteiger partial charge is 0.148 e. The Balaban J connectivity index is 1.91. The second-order valence-corrected chi connectivity index (χ2v) is 10.9. The highest BCUT2D eigenvalue weighted by Crippen LogP contribution is 2.47. The molecule has 1 aromatic carbocycles. The van der Waals surface area contributed by atoms with Crippen LogP contribution in [0.1, 0.15) is 139 Å². The molecule has 0 spiro atoms. The van der Waals surface area contributed by atoms with E-state index >= 15 is 0 Å². The predicted molar refractivity (Wildman–Crippen MR) is 131 cm³/mol. The number of hydrogen-bond donors (Lipinski definition) is 1. The van der Waals surface area contributed by atoms with Crippen LogP contribution in [0.4, 0.5) is 0 Å². The molecule has 1 nitrogen and oxygen atoms in total. The lowest BCUT2D eigenvalue weighted by atomic mass is 9.74. The molecule has 0 bridgehead atoms. The highest BCUT2D eigenvalue weighted by molar-refractivity contribution is 7.60. The molecule has 0 unspecified atom stereocenters. The second kappa shape index (κ2) is 10.6. The molecule has 29 heavy (non-hydrogen) atoms. The summed E-state index contributed by atoms with van der Waals surface area (Å²) in [6.45, 7) is 6.86. The predicted octanol–water partition coefficient (Wildman–Crippen LogP) is 7.93. The SMILES string of the molecule is CCCCC1CCC(c2cc(C([SH2+])(CC)CC)cc(C3CCCCC3)c2O)CC1. The summed E-state index contributed by atoms with van der Waals surface area (Å²) in [7, 11) is 0. The van der Waals surface area contributed by atoms with Gasteiger partial charge in [-0.25, -0.2) is 0 Å². The Morgan fingerprint density at radius 3 is 1.93 bits per heavy atom. The van der Waals surface area contributed by atoms with E-state index in [4.69, 9.17) is 0 Å². The Kier molecular flexibility index (Phi) is 8.42. The van der Waals surface area contributed by atoms with Gasteiger partial charge >= 0.3 is 0 Å². The van der Waals surface area contributed by atoms with Crippen molar-refractivity contribution in [3.8, 4) is 5.75 Å². The van der Waals surface area contributed by atoms with Crippen molar-refractivity contribution >= 4 is 12.6 Å². The molecule has 2 fully saturated rings. The van der Waals surface area contributed by atoms with Crippen LogP contribution in [0.3, 0.4) is 0 Å². The Labute approximate surface area is 185 Å². The fourth-order valence-electron chi connectivity index (χ4n) is 5.91. The van der Waals surface area contributed by atoms with E-state index in [-0.39, 0.29) is 4.75 Å². The van der Waals surface area contributed by atoms with Gasteiger partial charge in [0.2, 0.25) is 0 Å². The molecular formula is C27H45OS+. The van der Waals surface area contributed by atoms with Gasteiger partial charge in [-0.3, -0.25) is 0 Å². The van der Waals surface area contributed by atoms with E-state index in [2.05, 4.69) is 45.5 Å². The molecule has 1 N–H and O–H groups in total. The van der Waals surface area contributed by atoms with E-state index in [9.17, 15) is 5.11 Å². The molecule has 2 saturated carbocycles. The maximum absolute atomic E-state index is 11.4. The summed E-state index contributed by atoms with van der Waals surface area (Å²) in [5, 5.41) is 11.4. The highest BCUT2D eigenvalue weighted by Gasteiger charge is 2.35. The second-order valence-electron chi connectivity index (χ2n) is 9.99. The largest absolute Gasteiger partial charge is 0.507 e. The van der Waals surface area contributed by atoms with Gasteiger partial charge in [-0.1, -0.05) is 59.3 Å². The van der Waals surface area contributed by atoms with Gasteiger partial charge in [0.1, 0.15) is 10.5 Å². The lowest BCUT2D eigenvalue weighted by molar-refractivity contribution is 0.299. The van der Waals surface area contributed by atoms with E-state index < -0.39 is 0 Å². The summed E-state index contributed by atoms with van der Waals surface area (Å²) >= 11 is 4.15. The van der Waals surface area contributed by atoms with Crippen LogP contribution in [0, 0.1) is 5.92 Å². The molecule has 0 saturated heterocycles. The van der Waals surface area contributed by atoms with E-state index in [1.807, 2.05) is 0 Å². The quantitative estimate of drug-likeness (QED) is 0.426. The molecule has 0 aliphatic heterocycles. The van der Waals surface area contributed by atoms with Crippen LogP contribution in [0.25, 0.3) is 0 Å². The first-order valence-corrected chi connectivity index (χ1v) is 13.1. The number of unbranched alkanes of at least 4 members (excludes halogenated alkanes) is 1. The Morgan fingerprint density at radius 2 is 1.41 bits per heavy atom. The third kappa shape index (κ3) is 5.35. The maximum Gasteiger partial charge on any atom is 0.148 e. The Bertz CT molecular complexity index is 634. The van der Waals surface area contributed by atoms with Gasteiger partial charge in [-0.05, 0) is 105 Å². The van der Waals surface area contributed by atoms with Crippen LogP contribution < -0.4 is 0 Å². The maximum atomic E-state index is 11.4. The summed E-state index contributed by atoms with van der Waals surface area (Å²) in [6, 6.07) is 4.74. The molecule has 2 aliphatic carbocycles. The summed E-state index contributed by atoms with van der Waals surface area (Å²) in [4.78, 5) is 0. The van der Waals surface area contributed by atoms with Crippen molar-refractivity contribution in [3.63, 3.8) is 0 Å². The average molecular weight is 418 g/mol. The zero-order chi connectivity index (χ0) is 20.9. The number of rotatable bonds is 8. The summed E-state index contributed by atoms with van der Waals surface area (Å²) < 4.78 is 0.0319. The zero-order valence-corrected chi connectivity index (χ0v) is 20.2. The fourth-order valence-corrected chi connectivity index (χ4v) is 6.05. The van der Waals surface area contributed by atoms with Crippen LogP contribution in [0.15, 0.2) is 12.1 Å². The minimum Gasteiger partial charge on any atom is -0.507 e. The van der Waals surface area contributed by atoms with Crippen molar-refractivity contribution in [1.29, 1.82) is 0 Å². The first-order valence-electron chi connectivity index (χ1n) is 12.6. The van der Waals surface area contributed by atoms with Crippen LogP contribution in [-0.2, 0) is 17.4 Å². The van der Waals surface area contributed by atoms with E-state index in [0.29, 0.717) is 17.6 Å². The van der Waals surface area contributed by atoms with Gasteiger partial charge in [0.05, 0.1) is 0 Å². The lowest BCUT2D eigenvalue weighted by Gasteiger charge is -2.32. The molecule has 0 atom stereocenters. The molecule has 3 rings (SSSR count). The molecule has 1 aromatic rings. The summed E-state index contributed by atoms with van der Waals surface area (Å²) in [5.41, 5.74) is 3.93. The van der Waals surface area contributed by atoms with Crippen LogP contribution in [-0.4, -0.2) is 5.11 Å². The number of benzene rings is 1. The Morgan fingerprint density at radius 1 is 0.862 bits per heavy atom. The fraction of sp³-hybridized carbons (Fsp3) is 0.778. The average Bonchev–Trinajstić information content (AvgIpc) is 2.78. The van der Waals surface area contributed by atoms with Gasteiger partial charge in [0, 0.05) is 5.56 Å². The molecule has 0 amide bonds. The number of aromatic hydroxyl groups is 1. The minimum absolute atomic E-state index is 0.0319. The van der Waals surface area contributed by atoms with E-state index in [1.165, 1.54) is 93.7 Å². The normalized spacial score (nSPS) is 24.0. The topological polar surface area (TPSA) is 20.2 Å². The van der Waals surface area contributed by atoms with Crippen molar-refractivity contribution in [2.45, 2.75) is 127 Å². The highest BCUT2D eigenvalue weighted by atomic mass is 32.1. The number of hydrogen-bond acceptors (Lipinski definition) is 1. The van der Waals surface area contributed by atoms with Gasteiger partial charge in [0.25, 0.3) is 0 Å². The standard InChI is InChI=1S/C27H44OS/c1-4-7-11-20-14-16-22(17-15-20)25-19-23(27(29,5-2)6-3)18-24(26(25)28)21-12-9-8-10-13-21/h18-22,28-29H,4-17H2,1-3H3/p+1. The third-order valence-corrected chi connectivity index (χ3v) is 9.22. The monoisotopic (exact) mass is 417 g/mol.